The van der Waals surface area contributed by atoms with Crippen LogP contribution in [0.15, 0.2) is 30.3 Å². The third kappa shape index (κ3) is 6.10. The normalized spacial score (nSPS) is 13.5. The van der Waals surface area contributed by atoms with Crippen molar-refractivity contribution in [2.24, 2.45) is 0 Å². The highest BCUT2D eigenvalue weighted by molar-refractivity contribution is 5.15. The number of aliphatic hydroxyl groups is 1. The molecule has 1 N–H and O–H groups in total. The van der Waals surface area contributed by atoms with E-state index in [0.29, 0.717) is 0 Å². The molecular weight excluding hydrogens is 270 g/mol. The highest BCUT2D eigenvalue weighted by Crippen LogP contribution is 2.30. The molecular formula is C20H35NO. The van der Waals surface area contributed by atoms with Crippen LogP contribution in [0.5, 0.6) is 0 Å². The van der Waals surface area contributed by atoms with Crippen LogP contribution in [0.1, 0.15) is 64.4 Å². The maximum Gasteiger partial charge on any atom is 0.0802 e. The number of nitrogens with zero attached hydrogens (tertiary/aromatic N) is 1. The van der Waals surface area contributed by atoms with Gasteiger partial charge in [-0.05, 0) is 45.3 Å². The number of benzene rings is 1. The van der Waals surface area contributed by atoms with E-state index in [2.05, 4.69) is 63.2 Å². The average molecular weight is 306 g/mol. The fourth-order valence-corrected chi connectivity index (χ4v) is 3.38. The molecule has 0 heterocycles. The molecule has 0 spiro atoms. The first-order valence-electron chi connectivity index (χ1n) is 8.96. The third-order valence-electron chi connectivity index (χ3n) is 4.72. The van der Waals surface area contributed by atoms with E-state index in [1.165, 1.54) is 5.56 Å². The second-order valence-electron chi connectivity index (χ2n) is 6.81. The third-order valence-corrected chi connectivity index (χ3v) is 4.72. The van der Waals surface area contributed by atoms with Crippen molar-refractivity contribution in [2.75, 3.05) is 14.1 Å². The molecule has 0 saturated carbocycles. The summed E-state index contributed by atoms with van der Waals surface area (Å²) in [6, 6.07) is 10.9. The molecule has 0 amide bonds. The molecule has 1 rings (SSSR count). The van der Waals surface area contributed by atoms with Gasteiger partial charge in [-0.15, -0.1) is 0 Å². The summed E-state index contributed by atoms with van der Waals surface area (Å²) >= 11 is 0. The molecule has 0 saturated heterocycles. The highest BCUT2D eigenvalue weighted by atomic mass is 16.3. The monoisotopic (exact) mass is 305 g/mol. The molecule has 0 radical (unpaired) electrons. The lowest BCUT2D eigenvalue weighted by molar-refractivity contribution is -0.0525. The van der Waals surface area contributed by atoms with E-state index in [9.17, 15) is 5.11 Å². The van der Waals surface area contributed by atoms with Gasteiger partial charge in [-0.2, -0.15) is 0 Å². The highest BCUT2D eigenvalue weighted by Gasteiger charge is 2.36. The van der Waals surface area contributed by atoms with Crippen LogP contribution in [0, 0.1) is 0 Å². The minimum Gasteiger partial charge on any atom is -0.388 e. The Hall–Kier alpha value is -0.860. The van der Waals surface area contributed by atoms with Crippen molar-refractivity contribution >= 4 is 0 Å². The zero-order valence-electron chi connectivity index (χ0n) is 15.0. The van der Waals surface area contributed by atoms with Gasteiger partial charge in [0.25, 0.3) is 0 Å². The van der Waals surface area contributed by atoms with Crippen LogP contribution in [0.4, 0.5) is 0 Å². The summed E-state index contributed by atoms with van der Waals surface area (Å²) < 4.78 is 0. The smallest absolute Gasteiger partial charge is 0.0802 e. The second-order valence-corrected chi connectivity index (χ2v) is 6.81. The molecule has 0 aliphatic heterocycles. The van der Waals surface area contributed by atoms with Crippen LogP contribution < -0.4 is 0 Å². The van der Waals surface area contributed by atoms with Crippen molar-refractivity contribution in [3.05, 3.63) is 35.9 Å². The van der Waals surface area contributed by atoms with E-state index < -0.39 is 5.60 Å². The van der Waals surface area contributed by atoms with Gasteiger partial charge in [0.1, 0.15) is 0 Å². The molecule has 1 aromatic rings. The van der Waals surface area contributed by atoms with Gasteiger partial charge in [-0.1, -0.05) is 69.9 Å². The first kappa shape index (κ1) is 19.2. The molecule has 0 fully saturated rings. The Morgan fingerprint density at radius 3 is 2.00 bits per heavy atom. The van der Waals surface area contributed by atoms with E-state index in [-0.39, 0.29) is 6.04 Å². The van der Waals surface area contributed by atoms with Gasteiger partial charge in [-0.3, -0.25) is 0 Å². The van der Waals surface area contributed by atoms with Crippen LogP contribution in [0.25, 0.3) is 0 Å². The Balaban J connectivity index is 2.78. The van der Waals surface area contributed by atoms with E-state index in [1.54, 1.807) is 0 Å². The summed E-state index contributed by atoms with van der Waals surface area (Å²) in [5, 5.41) is 11.3. The number of likely N-dealkylation sites (N-methyl/N-ethyl adjacent to an activating group) is 1. The maximum absolute atomic E-state index is 11.3. The van der Waals surface area contributed by atoms with Gasteiger partial charge in [0.15, 0.2) is 0 Å². The van der Waals surface area contributed by atoms with Gasteiger partial charge >= 0.3 is 0 Å². The summed E-state index contributed by atoms with van der Waals surface area (Å²) in [6.07, 6.45) is 8.39. The number of hydrogen-bond donors (Lipinski definition) is 1. The molecule has 0 aromatic heterocycles. The fraction of sp³-hybridized carbons (Fsp3) is 0.700. The predicted octanol–water partition coefficient (Wildman–Crippen LogP) is 4.66. The minimum absolute atomic E-state index is 0.228. The van der Waals surface area contributed by atoms with Crippen molar-refractivity contribution in [2.45, 2.75) is 76.9 Å². The van der Waals surface area contributed by atoms with E-state index in [4.69, 9.17) is 0 Å². The standard InChI is InChI=1S/C20H35NO/c1-5-7-16-20(22,17-8-6-2)19(21(3)4)15-14-18-12-10-9-11-13-18/h9-13,19,22H,5-8,14-17H2,1-4H3. The van der Waals surface area contributed by atoms with E-state index in [1.807, 2.05) is 0 Å². The second kappa shape index (κ2) is 10.0. The van der Waals surface area contributed by atoms with Crippen molar-refractivity contribution in [1.82, 2.24) is 4.90 Å². The molecule has 126 valence electrons. The van der Waals surface area contributed by atoms with Gasteiger partial charge < -0.3 is 10.0 Å². The molecule has 1 atom stereocenters. The van der Waals surface area contributed by atoms with E-state index in [0.717, 1.165) is 51.4 Å². The zero-order valence-corrected chi connectivity index (χ0v) is 15.0. The first-order chi connectivity index (χ1) is 10.5. The molecule has 0 aliphatic rings. The van der Waals surface area contributed by atoms with Crippen molar-refractivity contribution in [1.29, 1.82) is 0 Å². The topological polar surface area (TPSA) is 23.5 Å². The molecule has 0 aliphatic carbocycles. The van der Waals surface area contributed by atoms with Gasteiger partial charge in [0.2, 0.25) is 0 Å². The number of unbranched alkanes of at least 4 members (excludes halogenated alkanes) is 2. The zero-order chi connectivity index (χ0) is 16.4. The Kier molecular flexibility index (Phi) is 8.74. The van der Waals surface area contributed by atoms with E-state index >= 15 is 0 Å². The maximum atomic E-state index is 11.3. The van der Waals surface area contributed by atoms with Crippen molar-refractivity contribution in [3.63, 3.8) is 0 Å². The van der Waals surface area contributed by atoms with Crippen molar-refractivity contribution in [3.8, 4) is 0 Å². The fourth-order valence-electron chi connectivity index (χ4n) is 3.38. The van der Waals surface area contributed by atoms with Crippen LogP contribution in [0.2, 0.25) is 0 Å². The van der Waals surface area contributed by atoms with Gasteiger partial charge in [0.05, 0.1) is 5.60 Å². The Bertz CT molecular complexity index is 380. The molecule has 0 bridgehead atoms. The minimum atomic E-state index is -0.551. The van der Waals surface area contributed by atoms with Gasteiger partial charge in [0, 0.05) is 6.04 Å². The first-order valence-corrected chi connectivity index (χ1v) is 8.96. The number of rotatable bonds is 11. The lowest BCUT2D eigenvalue weighted by atomic mass is 9.80. The Labute approximate surface area is 137 Å². The summed E-state index contributed by atoms with van der Waals surface area (Å²) in [7, 11) is 4.22. The van der Waals surface area contributed by atoms with Crippen LogP contribution in [-0.4, -0.2) is 35.7 Å². The number of aryl methyl sites for hydroxylation is 1. The molecule has 22 heavy (non-hydrogen) atoms. The largest absolute Gasteiger partial charge is 0.388 e. The summed E-state index contributed by atoms with van der Waals surface area (Å²) in [6.45, 7) is 4.41. The SMILES string of the molecule is CCCCC(O)(CCCC)C(CCc1ccccc1)N(C)C. The van der Waals surface area contributed by atoms with Crippen LogP contribution in [0.3, 0.4) is 0 Å². The molecule has 1 aromatic carbocycles. The van der Waals surface area contributed by atoms with Crippen molar-refractivity contribution < 1.29 is 5.11 Å². The lowest BCUT2D eigenvalue weighted by Gasteiger charge is -2.41. The number of hydrogen-bond acceptors (Lipinski definition) is 2. The Morgan fingerprint density at radius 2 is 1.55 bits per heavy atom. The molecule has 2 heteroatoms. The predicted molar refractivity (Wildman–Crippen MR) is 96.2 cm³/mol. The van der Waals surface area contributed by atoms with Crippen LogP contribution >= 0.6 is 0 Å². The summed E-state index contributed by atoms with van der Waals surface area (Å²) in [4.78, 5) is 2.23. The van der Waals surface area contributed by atoms with Gasteiger partial charge in [-0.25, -0.2) is 0 Å². The lowest BCUT2D eigenvalue weighted by Crippen LogP contribution is -2.50. The molecule has 1 unspecified atom stereocenters. The average Bonchev–Trinajstić information content (AvgIpc) is 2.52. The Morgan fingerprint density at radius 1 is 1.00 bits per heavy atom. The quantitative estimate of drug-likeness (QED) is 0.642. The van der Waals surface area contributed by atoms with Crippen LogP contribution in [-0.2, 0) is 6.42 Å². The summed E-state index contributed by atoms with van der Waals surface area (Å²) in [5.41, 5.74) is 0.812. The molecule has 2 nitrogen and oxygen atoms in total. The summed E-state index contributed by atoms with van der Waals surface area (Å²) in [5.74, 6) is 0.